The van der Waals surface area contributed by atoms with E-state index in [9.17, 15) is 9.59 Å². The lowest BCUT2D eigenvalue weighted by Gasteiger charge is -2.30. The Morgan fingerprint density at radius 2 is 1.77 bits per heavy atom. The number of methoxy groups -OCH3 is 1. The van der Waals surface area contributed by atoms with Gasteiger partial charge in [0.05, 0.1) is 31.2 Å². The van der Waals surface area contributed by atoms with E-state index in [0.717, 1.165) is 23.3 Å². The summed E-state index contributed by atoms with van der Waals surface area (Å²) in [6.45, 7) is 14.3. The fraction of sp³-hybridized carbons (Fsp3) is 0.500. The molecule has 0 fully saturated rings. The highest BCUT2D eigenvalue weighted by atomic mass is 32.2. The van der Waals surface area contributed by atoms with Crippen LogP contribution >= 0.6 is 11.8 Å². The predicted octanol–water partition coefficient (Wildman–Crippen LogP) is 6.61. The molecule has 0 spiro atoms. The standard InChI is InChI=1S/C30H42N4O5S/c1-8-27-28(23-12-15-25(37-7)26(18-23)38-9-2)32-34(30(36)40-27)19-22-10-13-24(14-11-22)31-29(35)39-17-16-33(20(3)4)21(5)6/h10-15,18,20-21,27H,8-9,16-17,19H2,1-7H3,(H,31,35). The number of thioether (sulfide) groups is 1. The first-order valence-corrected chi connectivity index (χ1v) is 14.7. The fourth-order valence-electron chi connectivity index (χ4n) is 4.57. The van der Waals surface area contributed by atoms with Crippen LogP contribution in [0.4, 0.5) is 15.3 Å². The Kier molecular flexibility index (Phi) is 11.7. The van der Waals surface area contributed by atoms with Gasteiger partial charge in [0.2, 0.25) is 0 Å². The molecule has 0 aliphatic carbocycles. The molecule has 1 unspecified atom stereocenters. The lowest BCUT2D eigenvalue weighted by atomic mass is 10.0. The van der Waals surface area contributed by atoms with Gasteiger partial charge in [0, 0.05) is 29.9 Å². The summed E-state index contributed by atoms with van der Waals surface area (Å²) in [5.74, 6) is 1.30. The van der Waals surface area contributed by atoms with Crippen LogP contribution in [0.5, 0.6) is 11.5 Å². The Hall–Kier alpha value is -3.24. The van der Waals surface area contributed by atoms with Crippen LogP contribution in [0, 0.1) is 0 Å². The van der Waals surface area contributed by atoms with Gasteiger partial charge in [0.15, 0.2) is 11.5 Å². The highest BCUT2D eigenvalue weighted by Crippen LogP contribution is 2.34. The van der Waals surface area contributed by atoms with Gasteiger partial charge in [-0.05, 0) is 76.9 Å². The topological polar surface area (TPSA) is 92.7 Å². The van der Waals surface area contributed by atoms with Crippen LogP contribution in [0.15, 0.2) is 47.6 Å². The molecule has 1 aliphatic heterocycles. The molecule has 1 heterocycles. The van der Waals surface area contributed by atoms with E-state index in [0.29, 0.717) is 55.6 Å². The van der Waals surface area contributed by atoms with Crippen LogP contribution in [-0.4, -0.2) is 71.2 Å². The predicted molar refractivity (Wildman–Crippen MR) is 162 cm³/mol. The fourth-order valence-corrected chi connectivity index (χ4v) is 5.51. The minimum atomic E-state index is -0.492. The maximum atomic E-state index is 12.9. The molecule has 40 heavy (non-hydrogen) atoms. The van der Waals surface area contributed by atoms with Crippen molar-refractivity contribution in [2.24, 2.45) is 5.10 Å². The summed E-state index contributed by atoms with van der Waals surface area (Å²) in [6.07, 6.45) is 0.274. The van der Waals surface area contributed by atoms with Crippen LogP contribution < -0.4 is 14.8 Å². The zero-order valence-corrected chi connectivity index (χ0v) is 25.4. The van der Waals surface area contributed by atoms with Crippen LogP contribution in [0.25, 0.3) is 0 Å². The lowest BCUT2D eigenvalue weighted by molar-refractivity contribution is 0.111. The molecule has 0 saturated heterocycles. The van der Waals surface area contributed by atoms with Gasteiger partial charge in [-0.15, -0.1) is 0 Å². The van der Waals surface area contributed by atoms with Crippen LogP contribution in [0.1, 0.15) is 59.1 Å². The number of hydrogen-bond acceptors (Lipinski definition) is 8. The minimum Gasteiger partial charge on any atom is -0.493 e. The van der Waals surface area contributed by atoms with Crippen molar-refractivity contribution in [3.63, 3.8) is 0 Å². The number of benzene rings is 2. The third-order valence-corrected chi connectivity index (χ3v) is 7.81. The van der Waals surface area contributed by atoms with Crippen molar-refractivity contribution < 1.29 is 23.8 Å². The molecular weight excluding hydrogens is 528 g/mol. The number of anilines is 1. The Morgan fingerprint density at radius 1 is 1.07 bits per heavy atom. The molecule has 0 bridgehead atoms. The summed E-state index contributed by atoms with van der Waals surface area (Å²) in [4.78, 5) is 27.5. The minimum absolute atomic E-state index is 0.0580. The molecule has 10 heteroatoms. The maximum Gasteiger partial charge on any atom is 0.411 e. The van der Waals surface area contributed by atoms with Gasteiger partial charge in [-0.1, -0.05) is 30.8 Å². The van der Waals surface area contributed by atoms with Gasteiger partial charge >= 0.3 is 11.3 Å². The summed E-state index contributed by atoms with van der Waals surface area (Å²) in [6, 6.07) is 13.8. The van der Waals surface area contributed by atoms with E-state index >= 15 is 0 Å². The van der Waals surface area contributed by atoms with Crippen molar-refractivity contribution in [2.45, 2.75) is 71.8 Å². The van der Waals surface area contributed by atoms with Gasteiger partial charge in [-0.25, -0.2) is 9.80 Å². The quantitative estimate of drug-likeness (QED) is 0.290. The van der Waals surface area contributed by atoms with E-state index in [4.69, 9.17) is 19.3 Å². The number of hydrazone groups is 1. The number of nitrogens with zero attached hydrogens (tertiary/aromatic N) is 3. The number of carbonyl (C=O) groups excluding carboxylic acids is 2. The van der Waals surface area contributed by atoms with Gasteiger partial charge in [-0.3, -0.25) is 15.0 Å². The highest BCUT2D eigenvalue weighted by molar-refractivity contribution is 8.14. The van der Waals surface area contributed by atoms with Crippen LogP contribution in [-0.2, 0) is 11.3 Å². The van der Waals surface area contributed by atoms with Crippen LogP contribution in [0.3, 0.4) is 0 Å². The first-order chi connectivity index (χ1) is 19.2. The number of nitrogens with one attached hydrogen (secondary N) is 1. The van der Waals surface area contributed by atoms with E-state index in [1.807, 2.05) is 44.2 Å². The largest absolute Gasteiger partial charge is 0.493 e. The number of hydrogen-bond donors (Lipinski definition) is 1. The molecule has 1 atom stereocenters. The van der Waals surface area contributed by atoms with E-state index < -0.39 is 6.09 Å². The summed E-state index contributed by atoms with van der Waals surface area (Å²) in [5.41, 5.74) is 3.23. The van der Waals surface area contributed by atoms with Crippen molar-refractivity contribution in [3.05, 3.63) is 53.6 Å². The summed E-state index contributed by atoms with van der Waals surface area (Å²) >= 11 is 1.28. The highest BCUT2D eigenvalue weighted by Gasteiger charge is 2.30. The number of carbonyl (C=O) groups is 2. The lowest BCUT2D eigenvalue weighted by Crippen LogP contribution is -2.39. The van der Waals surface area contributed by atoms with Gasteiger partial charge in [0.25, 0.3) is 0 Å². The second kappa shape index (κ2) is 14.9. The Labute approximate surface area is 242 Å². The first-order valence-electron chi connectivity index (χ1n) is 13.8. The van der Waals surface area contributed by atoms with Crippen LogP contribution in [0.2, 0.25) is 0 Å². The molecule has 2 aromatic carbocycles. The zero-order chi connectivity index (χ0) is 29.2. The monoisotopic (exact) mass is 570 g/mol. The molecule has 0 radical (unpaired) electrons. The van der Waals surface area contributed by atoms with Gasteiger partial charge in [0.1, 0.15) is 6.61 Å². The second-order valence-electron chi connectivity index (χ2n) is 10.0. The van der Waals surface area contributed by atoms with Crippen molar-refractivity contribution >= 4 is 34.5 Å². The van der Waals surface area contributed by atoms with E-state index in [2.05, 4.69) is 37.9 Å². The molecule has 1 aliphatic rings. The van der Waals surface area contributed by atoms with E-state index in [-0.39, 0.29) is 10.5 Å². The molecule has 2 aromatic rings. The molecule has 3 rings (SSSR count). The SMILES string of the molecule is CCOc1cc(C2=NN(Cc3ccc(NC(=O)OCCN(C(C)C)C(C)C)cc3)C(=O)SC2CC)ccc1OC. The molecule has 1 N–H and O–H groups in total. The molecule has 2 amide bonds. The summed E-state index contributed by atoms with van der Waals surface area (Å²) < 4.78 is 16.5. The molecule has 9 nitrogen and oxygen atoms in total. The molecule has 0 saturated carbocycles. The summed E-state index contributed by atoms with van der Waals surface area (Å²) in [5, 5.41) is 8.87. The van der Waals surface area contributed by atoms with Crippen molar-refractivity contribution in [1.29, 1.82) is 0 Å². The average Bonchev–Trinajstić information content (AvgIpc) is 2.92. The Bertz CT molecular complexity index is 1160. The number of amides is 2. The van der Waals surface area contributed by atoms with Crippen molar-refractivity contribution in [3.8, 4) is 11.5 Å². The zero-order valence-electron chi connectivity index (χ0n) is 24.6. The third kappa shape index (κ3) is 8.38. The first kappa shape index (κ1) is 31.3. The Balaban J connectivity index is 1.66. The number of ether oxygens (including phenoxy) is 3. The van der Waals surface area contributed by atoms with Gasteiger partial charge < -0.3 is 14.2 Å². The number of rotatable bonds is 13. The van der Waals surface area contributed by atoms with Gasteiger partial charge in [-0.2, -0.15) is 5.10 Å². The van der Waals surface area contributed by atoms with E-state index in [1.165, 1.54) is 16.8 Å². The molecule has 218 valence electrons. The van der Waals surface area contributed by atoms with Crippen molar-refractivity contribution in [1.82, 2.24) is 9.91 Å². The molecule has 0 aromatic heterocycles. The maximum absolute atomic E-state index is 12.9. The van der Waals surface area contributed by atoms with Crippen molar-refractivity contribution in [2.75, 3.05) is 32.2 Å². The average molecular weight is 571 g/mol. The van der Waals surface area contributed by atoms with E-state index in [1.54, 1.807) is 19.2 Å². The Morgan fingerprint density at radius 3 is 2.38 bits per heavy atom. The normalized spacial score (nSPS) is 15.4. The smallest absolute Gasteiger partial charge is 0.411 e. The second-order valence-corrected chi connectivity index (χ2v) is 11.2. The summed E-state index contributed by atoms with van der Waals surface area (Å²) in [7, 11) is 1.61. The molecular formula is C30H42N4O5S. The third-order valence-electron chi connectivity index (χ3n) is 6.56.